The second kappa shape index (κ2) is 7.20. The maximum atomic E-state index is 12.9. The zero-order valence-corrected chi connectivity index (χ0v) is 16.1. The van der Waals surface area contributed by atoms with E-state index in [0.717, 1.165) is 11.1 Å². The van der Waals surface area contributed by atoms with Crippen molar-refractivity contribution in [3.05, 3.63) is 76.8 Å². The largest absolute Gasteiger partial charge is 0.387 e. The fourth-order valence-corrected chi connectivity index (χ4v) is 3.76. The normalized spacial score (nSPS) is 16.5. The molecule has 6 heteroatoms. The lowest BCUT2D eigenvalue weighted by Crippen LogP contribution is -2.48. The molecule has 1 aliphatic rings. The highest BCUT2D eigenvalue weighted by molar-refractivity contribution is 5.59. The molecule has 144 valence electrons. The second-order valence-electron chi connectivity index (χ2n) is 8.07. The number of pyridine rings is 1. The second-order valence-corrected chi connectivity index (χ2v) is 8.07. The van der Waals surface area contributed by atoms with Gasteiger partial charge in [0.1, 0.15) is 0 Å². The van der Waals surface area contributed by atoms with Crippen LogP contribution in [-0.4, -0.2) is 32.7 Å². The SMILES string of the molecule is CC1(C)CN(C[C@@H](O)c2ccccc2)c2nc(-c3ccncc3)cc(=O)n2C1. The van der Waals surface area contributed by atoms with Crippen LogP contribution in [0.3, 0.4) is 0 Å². The zero-order valence-electron chi connectivity index (χ0n) is 16.1. The number of fused-ring (bicyclic) bond motifs is 1. The minimum atomic E-state index is -0.662. The highest BCUT2D eigenvalue weighted by Crippen LogP contribution is 2.31. The molecule has 0 fully saturated rings. The summed E-state index contributed by atoms with van der Waals surface area (Å²) in [5.74, 6) is 0.605. The monoisotopic (exact) mass is 376 g/mol. The van der Waals surface area contributed by atoms with E-state index in [9.17, 15) is 9.90 Å². The van der Waals surface area contributed by atoms with Gasteiger partial charge in [0.2, 0.25) is 5.95 Å². The van der Waals surface area contributed by atoms with Gasteiger partial charge in [-0.05, 0) is 17.7 Å². The van der Waals surface area contributed by atoms with Crippen LogP contribution in [0.5, 0.6) is 0 Å². The number of benzene rings is 1. The van der Waals surface area contributed by atoms with Gasteiger partial charge in [0.15, 0.2) is 0 Å². The molecule has 0 spiro atoms. The molecule has 3 heterocycles. The van der Waals surface area contributed by atoms with Gasteiger partial charge >= 0.3 is 0 Å². The first-order chi connectivity index (χ1) is 13.4. The van der Waals surface area contributed by atoms with Crippen LogP contribution < -0.4 is 10.5 Å². The average molecular weight is 376 g/mol. The van der Waals surface area contributed by atoms with Gasteiger partial charge in [0, 0.05) is 42.5 Å². The first-order valence-corrected chi connectivity index (χ1v) is 9.43. The minimum absolute atomic E-state index is 0.0798. The van der Waals surface area contributed by atoms with E-state index >= 15 is 0 Å². The van der Waals surface area contributed by atoms with Gasteiger partial charge in [-0.2, -0.15) is 0 Å². The van der Waals surface area contributed by atoms with Gasteiger partial charge in [0.05, 0.1) is 18.3 Å². The molecule has 2 aromatic heterocycles. The molecule has 3 aromatic rings. The Morgan fingerprint density at radius 2 is 1.82 bits per heavy atom. The van der Waals surface area contributed by atoms with E-state index in [1.54, 1.807) is 23.0 Å². The molecule has 1 N–H and O–H groups in total. The van der Waals surface area contributed by atoms with Crippen molar-refractivity contribution in [2.45, 2.75) is 26.5 Å². The van der Waals surface area contributed by atoms with Crippen molar-refractivity contribution >= 4 is 5.95 Å². The predicted molar refractivity (Wildman–Crippen MR) is 109 cm³/mol. The Morgan fingerprint density at radius 1 is 1.11 bits per heavy atom. The fourth-order valence-electron chi connectivity index (χ4n) is 3.76. The van der Waals surface area contributed by atoms with E-state index in [2.05, 4.69) is 18.8 Å². The molecule has 0 bridgehead atoms. The van der Waals surface area contributed by atoms with Gasteiger partial charge in [-0.25, -0.2) is 4.98 Å². The molecule has 4 rings (SSSR count). The van der Waals surface area contributed by atoms with E-state index in [0.29, 0.717) is 31.3 Å². The van der Waals surface area contributed by atoms with E-state index in [1.165, 1.54) is 0 Å². The summed E-state index contributed by atoms with van der Waals surface area (Å²) in [5.41, 5.74) is 2.14. The third-order valence-corrected chi connectivity index (χ3v) is 5.03. The maximum Gasteiger partial charge on any atom is 0.255 e. The van der Waals surface area contributed by atoms with Crippen LogP contribution in [0.25, 0.3) is 11.3 Å². The molecule has 1 aliphatic heterocycles. The van der Waals surface area contributed by atoms with E-state index in [4.69, 9.17) is 4.98 Å². The number of anilines is 1. The van der Waals surface area contributed by atoms with Crippen LogP contribution in [0.15, 0.2) is 65.7 Å². The standard InChI is InChI=1S/C22H24N4O2/c1-22(2)14-25(13-19(27)17-6-4-3-5-7-17)21-24-18(12-20(28)26(21)15-22)16-8-10-23-11-9-16/h3-12,19,27H,13-15H2,1-2H3/t19-/m1/s1. The van der Waals surface area contributed by atoms with Gasteiger partial charge in [-0.15, -0.1) is 0 Å². The maximum absolute atomic E-state index is 12.9. The molecule has 0 aliphatic carbocycles. The lowest BCUT2D eigenvalue weighted by Gasteiger charge is -2.41. The number of aliphatic hydroxyl groups excluding tert-OH is 1. The molecule has 0 unspecified atom stereocenters. The highest BCUT2D eigenvalue weighted by atomic mass is 16.3. The lowest BCUT2D eigenvalue weighted by molar-refractivity contribution is 0.171. The molecule has 28 heavy (non-hydrogen) atoms. The summed E-state index contributed by atoms with van der Waals surface area (Å²) in [6.07, 6.45) is 2.72. The van der Waals surface area contributed by atoms with Gasteiger partial charge in [-0.3, -0.25) is 14.3 Å². The molecule has 0 saturated carbocycles. The van der Waals surface area contributed by atoms with E-state index < -0.39 is 6.10 Å². The number of rotatable bonds is 4. The molecule has 0 amide bonds. The highest BCUT2D eigenvalue weighted by Gasteiger charge is 2.33. The van der Waals surface area contributed by atoms with Crippen molar-refractivity contribution in [2.75, 3.05) is 18.0 Å². The molecular formula is C22H24N4O2. The van der Waals surface area contributed by atoms with Crippen LogP contribution >= 0.6 is 0 Å². The predicted octanol–water partition coefficient (Wildman–Crippen LogP) is 2.89. The number of hydrogen-bond acceptors (Lipinski definition) is 5. The topological polar surface area (TPSA) is 71.2 Å². The number of β-amino-alcohol motifs (C(OH)–C–C–N with tert-alkyl or cyclic N) is 1. The smallest absolute Gasteiger partial charge is 0.255 e. The molecule has 6 nitrogen and oxygen atoms in total. The Morgan fingerprint density at radius 3 is 2.54 bits per heavy atom. The van der Waals surface area contributed by atoms with Crippen molar-refractivity contribution in [3.63, 3.8) is 0 Å². The Labute approximate surface area is 164 Å². The third-order valence-electron chi connectivity index (χ3n) is 5.03. The summed E-state index contributed by atoms with van der Waals surface area (Å²) in [7, 11) is 0. The van der Waals surface area contributed by atoms with Crippen LogP contribution in [0.2, 0.25) is 0 Å². The van der Waals surface area contributed by atoms with Crippen molar-refractivity contribution < 1.29 is 5.11 Å². The molecule has 1 atom stereocenters. The first kappa shape index (κ1) is 18.4. The van der Waals surface area contributed by atoms with Crippen LogP contribution in [0.4, 0.5) is 5.95 Å². The quantitative estimate of drug-likeness (QED) is 0.758. The van der Waals surface area contributed by atoms with E-state index in [1.807, 2.05) is 47.4 Å². The lowest BCUT2D eigenvalue weighted by atomic mass is 9.90. The number of hydrogen-bond donors (Lipinski definition) is 1. The van der Waals surface area contributed by atoms with Crippen LogP contribution in [-0.2, 0) is 6.54 Å². The fraction of sp³-hybridized carbons (Fsp3) is 0.318. The van der Waals surface area contributed by atoms with Crippen molar-refractivity contribution in [1.82, 2.24) is 14.5 Å². The molecular weight excluding hydrogens is 352 g/mol. The Balaban J connectivity index is 1.74. The summed E-state index contributed by atoms with van der Waals surface area (Å²) in [6.45, 7) is 5.94. The number of aromatic nitrogens is 3. The van der Waals surface area contributed by atoms with Crippen LogP contribution in [0, 0.1) is 5.41 Å². The van der Waals surface area contributed by atoms with Gasteiger partial charge in [0.25, 0.3) is 5.56 Å². The van der Waals surface area contributed by atoms with Crippen molar-refractivity contribution in [2.24, 2.45) is 5.41 Å². The Bertz CT molecular complexity index is 1020. The summed E-state index contributed by atoms with van der Waals surface area (Å²) in [4.78, 5) is 23.7. The van der Waals surface area contributed by atoms with Gasteiger partial charge < -0.3 is 10.0 Å². The number of nitrogens with zero attached hydrogens (tertiary/aromatic N) is 4. The zero-order chi connectivity index (χ0) is 19.7. The summed E-state index contributed by atoms with van der Waals surface area (Å²) in [5, 5.41) is 10.8. The molecule has 0 saturated heterocycles. The third kappa shape index (κ3) is 3.68. The number of aliphatic hydroxyl groups is 1. The average Bonchev–Trinajstić information content (AvgIpc) is 2.69. The Kier molecular flexibility index (Phi) is 4.73. The summed E-state index contributed by atoms with van der Waals surface area (Å²) in [6, 6.07) is 14.8. The molecule has 0 radical (unpaired) electrons. The summed E-state index contributed by atoms with van der Waals surface area (Å²) < 4.78 is 1.71. The van der Waals surface area contributed by atoms with Gasteiger partial charge in [-0.1, -0.05) is 44.2 Å². The molecule has 1 aromatic carbocycles. The first-order valence-electron chi connectivity index (χ1n) is 9.43. The Hall–Kier alpha value is -2.99. The van der Waals surface area contributed by atoms with Crippen molar-refractivity contribution in [3.8, 4) is 11.3 Å². The summed E-state index contributed by atoms with van der Waals surface area (Å²) >= 11 is 0. The van der Waals surface area contributed by atoms with Crippen LogP contribution in [0.1, 0.15) is 25.5 Å². The minimum Gasteiger partial charge on any atom is -0.387 e. The van der Waals surface area contributed by atoms with Crippen molar-refractivity contribution in [1.29, 1.82) is 0 Å². The van der Waals surface area contributed by atoms with E-state index in [-0.39, 0.29) is 11.0 Å².